The molecule has 1 aromatic heterocycles. The number of anilines is 3. The number of aromatic hydroxyl groups is 1. The van der Waals surface area contributed by atoms with Crippen LogP contribution in [0.5, 0.6) is 5.75 Å². The lowest BCUT2D eigenvalue weighted by atomic mass is 9.93. The summed E-state index contributed by atoms with van der Waals surface area (Å²) in [4.78, 5) is 24.3. The van der Waals surface area contributed by atoms with E-state index in [1.165, 1.54) is 12.1 Å². The first-order valence-corrected chi connectivity index (χ1v) is 8.97. The fourth-order valence-electron chi connectivity index (χ4n) is 2.47. The highest BCUT2D eigenvalue weighted by molar-refractivity contribution is 6.06. The van der Waals surface area contributed by atoms with Crippen molar-refractivity contribution in [2.45, 2.75) is 26.2 Å². The van der Waals surface area contributed by atoms with Gasteiger partial charge in [-0.25, -0.2) is 4.79 Å². The average Bonchev–Trinajstić information content (AvgIpc) is 3.12. The van der Waals surface area contributed by atoms with Crippen molar-refractivity contribution in [3.05, 3.63) is 65.9 Å². The first-order valence-electron chi connectivity index (χ1n) is 8.97. The Kier molecular flexibility index (Phi) is 5.54. The SMILES string of the molecule is CC(C)(C)c1cc(NC(=O)Nc2ccc(NC(=O)c3ccccc3O)cc2)no1. The lowest BCUT2D eigenvalue weighted by Crippen LogP contribution is -2.19. The van der Waals surface area contributed by atoms with Crippen LogP contribution >= 0.6 is 0 Å². The fraction of sp³-hybridized carbons (Fsp3) is 0.190. The number of hydrogen-bond acceptors (Lipinski definition) is 5. The Morgan fingerprint density at radius 3 is 2.14 bits per heavy atom. The largest absolute Gasteiger partial charge is 0.507 e. The van der Waals surface area contributed by atoms with E-state index in [4.69, 9.17) is 4.52 Å². The van der Waals surface area contributed by atoms with E-state index in [9.17, 15) is 14.7 Å². The van der Waals surface area contributed by atoms with Crippen molar-refractivity contribution in [2.24, 2.45) is 0 Å². The molecule has 0 aliphatic rings. The van der Waals surface area contributed by atoms with Gasteiger partial charge in [0.2, 0.25) is 0 Å². The number of rotatable bonds is 4. The summed E-state index contributed by atoms with van der Waals surface area (Å²) in [6.07, 6.45) is 0. The van der Waals surface area contributed by atoms with Crippen molar-refractivity contribution in [1.82, 2.24) is 5.16 Å². The Hall–Kier alpha value is -3.81. The van der Waals surface area contributed by atoms with E-state index in [1.54, 1.807) is 42.5 Å². The monoisotopic (exact) mass is 394 g/mol. The molecule has 0 atom stereocenters. The molecule has 0 saturated heterocycles. The predicted molar refractivity (Wildman–Crippen MR) is 110 cm³/mol. The van der Waals surface area contributed by atoms with Crippen LogP contribution in [0, 0.1) is 0 Å². The molecular weight excluding hydrogens is 372 g/mol. The minimum absolute atomic E-state index is 0.0950. The number of para-hydroxylation sites is 1. The highest BCUT2D eigenvalue weighted by Crippen LogP contribution is 2.24. The Morgan fingerprint density at radius 1 is 0.931 bits per heavy atom. The molecule has 4 N–H and O–H groups in total. The third-order valence-corrected chi connectivity index (χ3v) is 4.04. The lowest BCUT2D eigenvalue weighted by molar-refractivity contribution is 0.102. The average molecular weight is 394 g/mol. The van der Waals surface area contributed by atoms with Crippen LogP contribution in [0.1, 0.15) is 36.9 Å². The van der Waals surface area contributed by atoms with Crippen LogP contribution in [0.3, 0.4) is 0 Å². The summed E-state index contributed by atoms with van der Waals surface area (Å²) in [5.74, 6) is 0.459. The van der Waals surface area contributed by atoms with E-state index in [1.807, 2.05) is 20.8 Å². The van der Waals surface area contributed by atoms with Gasteiger partial charge in [-0.1, -0.05) is 38.1 Å². The smallest absolute Gasteiger partial charge is 0.324 e. The van der Waals surface area contributed by atoms with E-state index >= 15 is 0 Å². The van der Waals surface area contributed by atoms with Gasteiger partial charge in [0, 0.05) is 22.9 Å². The molecule has 0 aliphatic heterocycles. The van der Waals surface area contributed by atoms with Gasteiger partial charge in [-0.2, -0.15) is 0 Å². The standard InChI is InChI=1S/C21H22N4O4/c1-21(2,3)17-12-18(25-29-17)24-20(28)23-14-10-8-13(9-11-14)22-19(27)15-6-4-5-7-16(15)26/h4-12,26H,1-3H3,(H,22,27)(H2,23,24,25,28). The Balaban J connectivity index is 1.57. The van der Waals surface area contributed by atoms with Crippen molar-refractivity contribution >= 4 is 29.1 Å². The van der Waals surface area contributed by atoms with Gasteiger partial charge in [0.25, 0.3) is 5.91 Å². The number of phenolic OH excluding ortho intramolecular Hbond substituents is 1. The molecule has 3 amide bonds. The number of nitrogens with one attached hydrogen (secondary N) is 3. The van der Waals surface area contributed by atoms with Gasteiger partial charge in [-0.15, -0.1) is 0 Å². The second-order valence-electron chi connectivity index (χ2n) is 7.45. The maximum atomic E-state index is 12.2. The van der Waals surface area contributed by atoms with E-state index in [-0.39, 0.29) is 16.7 Å². The van der Waals surface area contributed by atoms with Crippen molar-refractivity contribution < 1.29 is 19.2 Å². The molecule has 0 bridgehead atoms. The summed E-state index contributed by atoms with van der Waals surface area (Å²) in [6.45, 7) is 5.95. The van der Waals surface area contributed by atoms with Crippen molar-refractivity contribution in [3.63, 3.8) is 0 Å². The zero-order valence-corrected chi connectivity index (χ0v) is 16.3. The predicted octanol–water partition coefficient (Wildman–Crippen LogP) is 4.57. The van der Waals surface area contributed by atoms with Crippen LogP contribution in [0.4, 0.5) is 22.0 Å². The van der Waals surface area contributed by atoms with Crippen LogP contribution < -0.4 is 16.0 Å². The van der Waals surface area contributed by atoms with Crippen LogP contribution in [0.15, 0.2) is 59.1 Å². The van der Waals surface area contributed by atoms with E-state index in [2.05, 4.69) is 21.1 Å². The molecule has 0 unspecified atom stereocenters. The summed E-state index contributed by atoms with van der Waals surface area (Å²) >= 11 is 0. The van der Waals surface area contributed by atoms with Gasteiger partial charge < -0.3 is 20.3 Å². The minimum Gasteiger partial charge on any atom is -0.507 e. The van der Waals surface area contributed by atoms with Gasteiger partial charge in [-0.3, -0.25) is 10.1 Å². The molecular formula is C21H22N4O4. The fourth-order valence-corrected chi connectivity index (χ4v) is 2.47. The summed E-state index contributed by atoms with van der Waals surface area (Å²) in [5.41, 5.74) is 1.02. The summed E-state index contributed by atoms with van der Waals surface area (Å²) < 4.78 is 5.23. The Bertz CT molecular complexity index is 1020. The molecule has 8 heteroatoms. The van der Waals surface area contributed by atoms with Gasteiger partial charge in [-0.05, 0) is 36.4 Å². The first-order chi connectivity index (χ1) is 13.7. The van der Waals surface area contributed by atoms with E-state index in [0.29, 0.717) is 23.0 Å². The van der Waals surface area contributed by atoms with Crippen molar-refractivity contribution in [1.29, 1.82) is 0 Å². The second-order valence-corrected chi connectivity index (χ2v) is 7.45. The van der Waals surface area contributed by atoms with Crippen LogP contribution in [-0.2, 0) is 5.41 Å². The first kappa shape index (κ1) is 19.9. The number of aromatic nitrogens is 1. The number of hydrogen-bond donors (Lipinski definition) is 4. The maximum Gasteiger partial charge on any atom is 0.324 e. The molecule has 0 aliphatic carbocycles. The van der Waals surface area contributed by atoms with Gasteiger partial charge in [0.15, 0.2) is 5.82 Å². The number of carbonyl (C=O) groups excluding carboxylic acids is 2. The molecule has 150 valence electrons. The summed E-state index contributed by atoms with van der Waals surface area (Å²) in [7, 11) is 0. The van der Waals surface area contributed by atoms with Gasteiger partial charge in [0.05, 0.1) is 5.56 Å². The Morgan fingerprint density at radius 2 is 1.55 bits per heavy atom. The van der Waals surface area contributed by atoms with Crippen molar-refractivity contribution in [2.75, 3.05) is 16.0 Å². The Labute approximate surface area is 167 Å². The normalized spacial score (nSPS) is 11.0. The summed E-state index contributed by atoms with van der Waals surface area (Å²) in [5, 5.41) is 21.5. The molecule has 1 heterocycles. The van der Waals surface area contributed by atoms with Gasteiger partial charge in [0.1, 0.15) is 11.5 Å². The van der Waals surface area contributed by atoms with Crippen LogP contribution in [0.2, 0.25) is 0 Å². The lowest BCUT2D eigenvalue weighted by Gasteiger charge is -2.12. The molecule has 29 heavy (non-hydrogen) atoms. The molecule has 0 radical (unpaired) electrons. The van der Waals surface area contributed by atoms with E-state index in [0.717, 1.165) is 0 Å². The minimum atomic E-state index is -0.468. The van der Waals surface area contributed by atoms with Crippen LogP contribution in [0.25, 0.3) is 0 Å². The van der Waals surface area contributed by atoms with Gasteiger partial charge >= 0.3 is 6.03 Å². The third-order valence-electron chi connectivity index (χ3n) is 4.04. The summed E-state index contributed by atoms with van der Waals surface area (Å²) in [6, 6.07) is 14.1. The number of nitrogens with zero attached hydrogens (tertiary/aromatic N) is 1. The van der Waals surface area contributed by atoms with Crippen LogP contribution in [-0.4, -0.2) is 22.2 Å². The van der Waals surface area contributed by atoms with Crippen molar-refractivity contribution in [3.8, 4) is 5.75 Å². The number of benzene rings is 2. The van der Waals surface area contributed by atoms with E-state index < -0.39 is 11.9 Å². The number of urea groups is 1. The molecule has 3 aromatic rings. The molecule has 0 saturated carbocycles. The highest BCUT2D eigenvalue weighted by atomic mass is 16.5. The molecule has 0 spiro atoms. The topological polar surface area (TPSA) is 116 Å². The number of phenols is 1. The number of carbonyl (C=O) groups is 2. The third kappa shape index (κ3) is 5.13. The molecule has 2 aromatic carbocycles. The highest BCUT2D eigenvalue weighted by Gasteiger charge is 2.20. The molecule has 8 nitrogen and oxygen atoms in total. The molecule has 3 rings (SSSR count). The second kappa shape index (κ2) is 8.05. The maximum absolute atomic E-state index is 12.2. The quantitative estimate of drug-likeness (QED) is 0.517. The molecule has 0 fully saturated rings. The zero-order chi connectivity index (χ0) is 21.0. The zero-order valence-electron chi connectivity index (χ0n) is 16.3. The number of amides is 3.